The Bertz CT molecular complexity index is 70.9. The zero-order chi connectivity index (χ0) is 7.49. The van der Waals surface area contributed by atoms with Gasteiger partial charge < -0.3 is 0 Å². The molecular formula is C6H9F3. The predicted octanol–water partition coefficient (Wildman–Crippen LogP) is 2.61. The van der Waals surface area contributed by atoms with Crippen LogP contribution < -0.4 is 0 Å². The molecule has 0 bridgehead atoms. The molecule has 0 rings (SSSR count). The summed E-state index contributed by atoms with van der Waals surface area (Å²) in [6.07, 6.45) is -4.34. The summed E-state index contributed by atoms with van der Waals surface area (Å²) in [5.74, 6) is -1.32. The normalized spacial score (nSPS) is 12.7. The Hall–Kier alpha value is -0.210. The van der Waals surface area contributed by atoms with Gasteiger partial charge in [0.05, 0.1) is 5.92 Å². The van der Waals surface area contributed by atoms with Crippen molar-refractivity contribution in [3.8, 4) is 0 Å². The second-order valence-corrected chi connectivity index (χ2v) is 1.82. The monoisotopic (exact) mass is 138 g/mol. The summed E-state index contributed by atoms with van der Waals surface area (Å²) >= 11 is 0. The van der Waals surface area contributed by atoms with Crippen molar-refractivity contribution in [1.82, 2.24) is 0 Å². The van der Waals surface area contributed by atoms with E-state index in [0.717, 1.165) is 0 Å². The van der Waals surface area contributed by atoms with Gasteiger partial charge in [-0.2, -0.15) is 13.2 Å². The van der Waals surface area contributed by atoms with Gasteiger partial charge in [0.2, 0.25) is 0 Å². The molecular weight excluding hydrogens is 129 g/mol. The number of alkyl halides is 3. The molecule has 0 saturated heterocycles. The van der Waals surface area contributed by atoms with Gasteiger partial charge in [-0.05, 0) is 12.8 Å². The van der Waals surface area contributed by atoms with Crippen LogP contribution in [0.5, 0.6) is 0 Å². The second kappa shape index (κ2) is 3.08. The summed E-state index contributed by atoms with van der Waals surface area (Å²) in [6.45, 7) is 6.33. The van der Waals surface area contributed by atoms with Gasteiger partial charge in [-0.3, -0.25) is 0 Å². The summed E-state index contributed by atoms with van der Waals surface area (Å²) in [4.78, 5) is 0. The summed E-state index contributed by atoms with van der Waals surface area (Å²) in [5.41, 5.74) is 0. The molecule has 0 fully saturated rings. The van der Waals surface area contributed by atoms with Crippen LogP contribution in [0.25, 0.3) is 0 Å². The summed E-state index contributed by atoms with van der Waals surface area (Å²) in [5, 5.41) is 0. The highest BCUT2D eigenvalue weighted by Gasteiger charge is 2.36. The molecule has 0 saturated carbocycles. The lowest BCUT2D eigenvalue weighted by Crippen LogP contribution is -2.21. The molecule has 0 unspecified atom stereocenters. The molecule has 3 heteroatoms. The predicted molar refractivity (Wildman–Crippen MR) is 29.5 cm³/mol. The Morgan fingerprint density at radius 1 is 1.11 bits per heavy atom. The molecule has 0 atom stereocenters. The van der Waals surface area contributed by atoms with Crippen LogP contribution in [0.4, 0.5) is 13.2 Å². The molecule has 0 aromatic carbocycles. The molecule has 54 valence electrons. The molecule has 0 aliphatic rings. The standard InChI is InChI=1S/C6H9F3/c1-3-5(4-2)6(7,8)9/h5H,1-4H2. The highest BCUT2D eigenvalue weighted by atomic mass is 19.4. The average molecular weight is 138 g/mol. The zero-order valence-corrected chi connectivity index (χ0v) is 5.04. The van der Waals surface area contributed by atoms with Crippen molar-refractivity contribution in [2.45, 2.75) is 19.0 Å². The first kappa shape index (κ1) is 8.79. The Balaban J connectivity index is 3.79. The van der Waals surface area contributed by atoms with Crippen molar-refractivity contribution >= 4 is 0 Å². The quantitative estimate of drug-likeness (QED) is 0.550. The van der Waals surface area contributed by atoms with E-state index >= 15 is 0 Å². The minimum atomic E-state index is -4.11. The van der Waals surface area contributed by atoms with Crippen molar-refractivity contribution in [1.29, 1.82) is 0 Å². The molecule has 0 amide bonds. The number of rotatable bonds is 2. The Labute approximate surface area is 53.1 Å². The van der Waals surface area contributed by atoms with E-state index in [0.29, 0.717) is 0 Å². The Morgan fingerprint density at radius 2 is 1.44 bits per heavy atom. The van der Waals surface area contributed by atoms with Crippen LogP contribution in [-0.4, -0.2) is 6.18 Å². The van der Waals surface area contributed by atoms with Crippen LogP contribution in [0, 0.1) is 19.8 Å². The highest BCUT2D eigenvalue weighted by Crippen LogP contribution is 2.30. The van der Waals surface area contributed by atoms with Crippen LogP contribution in [-0.2, 0) is 0 Å². The van der Waals surface area contributed by atoms with Gasteiger partial charge in [0, 0.05) is 0 Å². The van der Waals surface area contributed by atoms with E-state index in [4.69, 9.17) is 0 Å². The van der Waals surface area contributed by atoms with E-state index in [1.807, 2.05) is 0 Å². The van der Waals surface area contributed by atoms with Gasteiger partial charge >= 0.3 is 6.18 Å². The topological polar surface area (TPSA) is 0 Å². The molecule has 0 aromatic rings. The largest absolute Gasteiger partial charge is 0.391 e. The minimum Gasteiger partial charge on any atom is -0.171 e. The maximum absolute atomic E-state index is 11.6. The van der Waals surface area contributed by atoms with Crippen LogP contribution in [0.3, 0.4) is 0 Å². The smallest absolute Gasteiger partial charge is 0.171 e. The van der Waals surface area contributed by atoms with E-state index in [1.54, 1.807) is 0 Å². The summed E-state index contributed by atoms with van der Waals surface area (Å²) in [6, 6.07) is 0. The molecule has 0 N–H and O–H groups in total. The first-order valence-corrected chi connectivity index (χ1v) is 2.67. The molecule has 0 aromatic heterocycles. The van der Waals surface area contributed by atoms with E-state index in [2.05, 4.69) is 13.8 Å². The molecule has 0 heterocycles. The molecule has 2 radical (unpaired) electrons. The Morgan fingerprint density at radius 3 is 1.44 bits per heavy atom. The maximum atomic E-state index is 11.6. The van der Waals surface area contributed by atoms with Gasteiger partial charge in [0.25, 0.3) is 0 Å². The van der Waals surface area contributed by atoms with Crippen molar-refractivity contribution in [2.24, 2.45) is 5.92 Å². The lowest BCUT2D eigenvalue weighted by Gasteiger charge is -2.15. The van der Waals surface area contributed by atoms with Gasteiger partial charge in [0.15, 0.2) is 0 Å². The van der Waals surface area contributed by atoms with Crippen LogP contribution in [0.1, 0.15) is 12.8 Å². The summed E-state index contributed by atoms with van der Waals surface area (Å²) in [7, 11) is 0. The van der Waals surface area contributed by atoms with E-state index < -0.39 is 12.1 Å². The molecule has 9 heavy (non-hydrogen) atoms. The van der Waals surface area contributed by atoms with E-state index in [9.17, 15) is 13.2 Å². The van der Waals surface area contributed by atoms with Crippen molar-refractivity contribution in [2.75, 3.05) is 0 Å². The number of halogens is 3. The van der Waals surface area contributed by atoms with Crippen LogP contribution in [0.15, 0.2) is 0 Å². The third-order valence-electron chi connectivity index (χ3n) is 1.16. The fourth-order valence-corrected chi connectivity index (χ4v) is 0.472. The third-order valence-corrected chi connectivity index (χ3v) is 1.16. The van der Waals surface area contributed by atoms with Crippen molar-refractivity contribution in [3.63, 3.8) is 0 Å². The molecule has 0 aliphatic carbocycles. The fourth-order valence-electron chi connectivity index (χ4n) is 0.472. The maximum Gasteiger partial charge on any atom is 0.391 e. The fraction of sp³-hybridized carbons (Fsp3) is 0.667. The van der Waals surface area contributed by atoms with Crippen molar-refractivity contribution in [3.05, 3.63) is 13.8 Å². The van der Waals surface area contributed by atoms with Gasteiger partial charge in [-0.25, -0.2) is 0 Å². The SMILES string of the molecule is [CH2]CC(C[CH2])C(F)(F)F. The van der Waals surface area contributed by atoms with Gasteiger partial charge in [0.1, 0.15) is 0 Å². The Kier molecular flexibility index (Phi) is 3.01. The molecule has 0 aliphatic heterocycles. The zero-order valence-electron chi connectivity index (χ0n) is 5.04. The van der Waals surface area contributed by atoms with Gasteiger partial charge in [-0.1, -0.05) is 13.8 Å². The van der Waals surface area contributed by atoms with Crippen molar-refractivity contribution < 1.29 is 13.2 Å². The van der Waals surface area contributed by atoms with Gasteiger partial charge in [-0.15, -0.1) is 0 Å². The molecule has 0 nitrogen and oxygen atoms in total. The average Bonchev–Trinajstić information content (AvgIpc) is 1.65. The first-order valence-electron chi connectivity index (χ1n) is 2.67. The highest BCUT2D eigenvalue weighted by molar-refractivity contribution is 4.69. The second-order valence-electron chi connectivity index (χ2n) is 1.82. The van der Waals surface area contributed by atoms with E-state index in [1.165, 1.54) is 0 Å². The number of hydrogen-bond acceptors (Lipinski definition) is 0. The minimum absolute atomic E-state index is 0.118. The first-order chi connectivity index (χ1) is 4.02. The van der Waals surface area contributed by atoms with Crippen LogP contribution >= 0.6 is 0 Å². The lowest BCUT2D eigenvalue weighted by molar-refractivity contribution is -0.172. The lowest BCUT2D eigenvalue weighted by atomic mass is 10.0. The van der Waals surface area contributed by atoms with Crippen LogP contribution in [0.2, 0.25) is 0 Å². The molecule has 0 spiro atoms. The van der Waals surface area contributed by atoms with E-state index in [-0.39, 0.29) is 12.8 Å². The third kappa shape index (κ3) is 2.72. The summed E-state index contributed by atoms with van der Waals surface area (Å²) < 4.78 is 34.9. The number of hydrogen-bond donors (Lipinski definition) is 0.